The number of hydrogen-bond acceptors (Lipinski definition) is 1. The summed E-state index contributed by atoms with van der Waals surface area (Å²) in [4.78, 5) is 10.5. The second-order valence-electron chi connectivity index (χ2n) is 4.13. The van der Waals surface area contributed by atoms with Gasteiger partial charge in [-0.2, -0.15) is 0 Å². The van der Waals surface area contributed by atoms with Crippen molar-refractivity contribution in [3.05, 3.63) is 11.6 Å². The van der Waals surface area contributed by atoms with E-state index in [1.807, 2.05) is 6.08 Å². The lowest BCUT2D eigenvalue weighted by molar-refractivity contribution is -0.132. The number of hydrogen-bond donors (Lipinski definition) is 1. The van der Waals surface area contributed by atoms with Crippen LogP contribution in [0.5, 0.6) is 0 Å². The third-order valence-corrected chi connectivity index (χ3v) is 3.03. The largest absolute Gasteiger partial charge is 0.478 e. The Balaban J connectivity index is 3.84. The van der Waals surface area contributed by atoms with Crippen LogP contribution in [-0.4, -0.2) is 11.1 Å². The van der Waals surface area contributed by atoms with E-state index in [1.165, 1.54) is 6.42 Å². The van der Waals surface area contributed by atoms with E-state index in [-0.39, 0.29) is 0 Å². The average molecular weight is 198 g/mol. The number of carboxylic acids is 1. The maximum absolute atomic E-state index is 10.5. The maximum atomic E-state index is 10.5. The Morgan fingerprint density at radius 1 is 1.36 bits per heavy atom. The molecule has 0 aromatic heterocycles. The molecule has 0 aromatic rings. The van der Waals surface area contributed by atoms with E-state index in [2.05, 4.69) is 20.8 Å². The molecular formula is C12H22O2. The van der Waals surface area contributed by atoms with Crippen molar-refractivity contribution < 1.29 is 9.90 Å². The first-order valence-corrected chi connectivity index (χ1v) is 5.39. The van der Waals surface area contributed by atoms with Crippen molar-refractivity contribution in [1.82, 2.24) is 0 Å². The topological polar surface area (TPSA) is 37.3 Å². The van der Waals surface area contributed by atoms with E-state index in [4.69, 9.17) is 5.11 Å². The zero-order chi connectivity index (χ0) is 11.1. The van der Waals surface area contributed by atoms with Crippen molar-refractivity contribution in [3.8, 4) is 0 Å². The highest BCUT2D eigenvalue weighted by atomic mass is 16.4. The van der Waals surface area contributed by atoms with Gasteiger partial charge in [-0.3, -0.25) is 0 Å². The van der Waals surface area contributed by atoms with Gasteiger partial charge in [-0.15, -0.1) is 0 Å². The molecule has 2 nitrogen and oxygen atoms in total. The van der Waals surface area contributed by atoms with Crippen molar-refractivity contribution in [2.24, 2.45) is 11.8 Å². The molecule has 82 valence electrons. The fraction of sp³-hybridized carbons (Fsp3) is 0.750. The van der Waals surface area contributed by atoms with Gasteiger partial charge in [0.25, 0.3) is 0 Å². The summed E-state index contributed by atoms with van der Waals surface area (Å²) in [7, 11) is 0. The maximum Gasteiger partial charge on any atom is 0.330 e. The first-order valence-electron chi connectivity index (χ1n) is 5.39. The van der Waals surface area contributed by atoms with E-state index in [9.17, 15) is 4.79 Å². The molecule has 0 heterocycles. The highest BCUT2D eigenvalue weighted by molar-refractivity contribution is 5.85. The van der Waals surface area contributed by atoms with Crippen LogP contribution in [-0.2, 0) is 4.79 Å². The van der Waals surface area contributed by atoms with Crippen molar-refractivity contribution in [2.75, 3.05) is 0 Å². The zero-order valence-corrected chi connectivity index (χ0v) is 9.71. The lowest BCUT2D eigenvalue weighted by atomic mass is 9.89. The summed E-state index contributed by atoms with van der Waals surface area (Å²) in [5.74, 6) is 0.604. The summed E-state index contributed by atoms with van der Waals surface area (Å²) in [6, 6.07) is 0. The van der Waals surface area contributed by atoms with Crippen LogP contribution in [0, 0.1) is 11.8 Å². The van der Waals surface area contributed by atoms with Crippen LogP contribution in [0.1, 0.15) is 47.0 Å². The van der Waals surface area contributed by atoms with Crippen molar-refractivity contribution >= 4 is 5.97 Å². The number of carboxylic acid groups (broad SMARTS) is 1. The third-order valence-electron chi connectivity index (χ3n) is 3.03. The highest BCUT2D eigenvalue weighted by Crippen LogP contribution is 2.20. The van der Waals surface area contributed by atoms with E-state index in [0.29, 0.717) is 11.5 Å². The second kappa shape index (κ2) is 6.63. The van der Waals surface area contributed by atoms with E-state index < -0.39 is 5.97 Å². The van der Waals surface area contributed by atoms with Crippen molar-refractivity contribution in [3.63, 3.8) is 0 Å². The molecular weight excluding hydrogens is 176 g/mol. The quantitative estimate of drug-likeness (QED) is 0.663. The average Bonchev–Trinajstić information content (AvgIpc) is 2.15. The Bertz CT molecular complexity index is 206. The van der Waals surface area contributed by atoms with Crippen LogP contribution in [0.15, 0.2) is 11.6 Å². The fourth-order valence-corrected chi connectivity index (χ4v) is 1.34. The minimum absolute atomic E-state index is 0.460. The Hall–Kier alpha value is -0.790. The van der Waals surface area contributed by atoms with Gasteiger partial charge in [0.05, 0.1) is 0 Å². The molecule has 0 bridgehead atoms. The molecule has 0 fully saturated rings. The summed E-state index contributed by atoms with van der Waals surface area (Å²) in [6.45, 7) is 8.33. The molecule has 0 saturated heterocycles. The van der Waals surface area contributed by atoms with E-state index in [1.54, 1.807) is 6.92 Å². The second-order valence-corrected chi connectivity index (χ2v) is 4.13. The van der Waals surface area contributed by atoms with Gasteiger partial charge in [-0.25, -0.2) is 4.79 Å². The molecule has 14 heavy (non-hydrogen) atoms. The third kappa shape index (κ3) is 5.05. The lowest BCUT2D eigenvalue weighted by Gasteiger charge is -2.16. The minimum atomic E-state index is -0.804. The molecule has 0 aromatic carbocycles. The van der Waals surface area contributed by atoms with Crippen molar-refractivity contribution in [1.29, 1.82) is 0 Å². The first kappa shape index (κ1) is 13.2. The smallest absolute Gasteiger partial charge is 0.330 e. The number of aliphatic carboxylic acids is 1. The van der Waals surface area contributed by atoms with Gasteiger partial charge < -0.3 is 5.11 Å². The van der Waals surface area contributed by atoms with Crippen LogP contribution in [0.25, 0.3) is 0 Å². The predicted molar refractivity (Wildman–Crippen MR) is 59.2 cm³/mol. The molecule has 2 unspecified atom stereocenters. The molecule has 0 aliphatic carbocycles. The molecule has 0 aliphatic heterocycles. The van der Waals surface area contributed by atoms with Crippen LogP contribution < -0.4 is 0 Å². The van der Waals surface area contributed by atoms with Gasteiger partial charge in [0, 0.05) is 5.57 Å². The van der Waals surface area contributed by atoms with Gasteiger partial charge in [-0.05, 0) is 31.6 Å². The Morgan fingerprint density at radius 2 is 1.93 bits per heavy atom. The predicted octanol–water partition coefficient (Wildman–Crippen LogP) is 3.48. The molecule has 2 atom stereocenters. The standard InChI is InChI=1S/C12H22O2/c1-5-9(2)10(3)7-6-8-11(4)12(13)14/h8-10H,5-7H2,1-4H3,(H,13,14). The zero-order valence-electron chi connectivity index (χ0n) is 9.71. The summed E-state index contributed by atoms with van der Waals surface area (Å²) in [5.41, 5.74) is 0.460. The normalized spacial score (nSPS) is 16.4. The Kier molecular flexibility index (Phi) is 6.26. The minimum Gasteiger partial charge on any atom is -0.478 e. The van der Waals surface area contributed by atoms with Crippen LogP contribution in [0.2, 0.25) is 0 Å². The number of carbonyl (C=O) groups is 1. The van der Waals surface area contributed by atoms with Gasteiger partial charge in [0.2, 0.25) is 0 Å². The summed E-state index contributed by atoms with van der Waals surface area (Å²) in [6.07, 6.45) is 4.98. The monoisotopic (exact) mass is 198 g/mol. The number of allylic oxidation sites excluding steroid dienone is 1. The molecule has 0 spiro atoms. The molecule has 0 saturated carbocycles. The first-order chi connectivity index (χ1) is 6.49. The van der Waals surface area contributed by atoms with Crippen molar-refractivity contribution in [2.45, 2.75) is 47.0 Å². The van der Waals surface area contributed by atoms with Gasteiger partial charge in [-0.1, -0.05) is 33.3 Å². The van der Waals surface area contributed by atoms with Gasteiger partial charge >= 0.3 is 5.97 Å². The van der Waals surface area contributed by atoms with Crippen LogP contribution in [0.3, 0.4) is 0 Å². The number of rotatable bonds is 6. The molecule has 0 aliphatic rings. The summed E-state index contributed by atoms with van der Waals surface area (Å²) < 4.78 is 0. The molecule has 0 radical (unpaired) electrons. The SMILES string of the molecule is CCC(C)C(C)CCC=C(C)C(=O)O. The van der Waals surface area contributed by atoms with E-state index in [0.717, 1.165) is 18.8 Å². The van der Waals surface area contributed by atoms with E-state index >= 15 is 0 Å². The Labute approximate surface area is 87.0 Å². The summed E-state index contributed by atoms with van der Waals surface area (Å²) >= 11 is 0. The molecule has 0 amide bonds. The lowest BCUT2D eigenvalue weighted by Crippen LogP contribution is -2.06. The Morgan fingerprint density at radius 3 is 2.36 bits per heavy atom. The molecule has 1 N–H and O–H groups in total. The highest BCUT2D eigenvalue weighted by Gasteiger charge is 2.09. The van der Waals surface area contributed by atoms with Gasteiger partial charge in [0.1, 0.15) is 0 Å². The fourth-order valence-electron chi connectivity index (χ4n) is 1.34. The van der Waals surface area contributed by atoms with Gasteiger partial charge in [0.15, 0.2) is 0 Å². The molecule has 2 heteroatoms. The van der Waals surface area contributed by atoms with Crippen LogP contribution >= 0.6 is 0 Å². The molecule has 0 rings (SSSR count). The van der Waals surface area contributed by atoms with Crippen LogP contribution in [0.4, 0.5) is 0 Å². The summed E-state index contributed by atoms with van der Waals surface area (Å²) in [5, 5.41) is 8.63.